The van der Waals surface area contributed by atoms with Gasteiger partial charge in [0.2, 0.25) is 0 Å². The Morgan fingerprint density at radius 2 is 1.92 bits per heavy atom. The van der Waals surface area contributed by atoms with Crippen LogP contribution in [0.3, 0.4) is 0 Å². The minimum atomic E-state index is 0.393. The molecule has 0 aliphatic carbocycles. The summed E-state index contributed by atoms with van der Waals surface area (Å²) in [5.41, 5.74) is 2.22. The fourth-order valence-electron chi connectivity index (χ4n) is 0.888. The van der Waals surface area contributed by atoms with Crippen LogP contribution in [0.15, 0.2) is 29.3 Å². The molecule has 0 bridgehead atoms. The Morgan fingerprint density at radius 3 is 2.50 bits per heavy atom. The predicted octanol–water partition coefficient (Wildman–Crippen LogP) is 3.23. The average Bonchev–Trinajstić information content (AvgIpc) is 2.03. The lowest BCUT2D eigenvalue weighted by atomic mass is 10.2. The summed E-state index contributed by atoms with van der Waals surface area (Å²) in [6.07, 6.45) is 3.03. The fourth-order valence-corrected chi connectivity index (χ4v) is 0.888. The van der Waals surface area contributed by atoms with Crippen molar-refractivity contribution in [2.45, 2.75) is 20.8 Å². The number of hydrogen-bond donors (Lipinski definition) is 0. The van der Waals surface area contributed by atoms with E-state index in [1.165, 1.54) is 5.56 Å². The first-order valence-electron chi connectivity index (χ1n) is 4.22. The highest BCUT2D eigenvalue weighted by Gasteiger charge is 1.92. The summed E-state index contributed by atoms with van der Waals surface area (Å²) in [7, 11) is 0. The fraction of sp³-hybridized carbons (Fsp3) is 0.364. The number of aryl methyl sites for hydroxylation is 1. The Balaban J connectivity index is 2.82. The van der Waals surface area contributed by atoms with Crippen LogP contribution < -0.4 is 0 Å². The molecule has 1 radical (unpaired) electrons. The monoisotopic (exact) mass is 160 g/mol. The summed E-state index contributed by atoms with van der Waals surface area (Å²) < 4.78 is 0. The molecule has 0 aliphatic heterocycles. The van der Waals surface area contributed by atoms with Gasteiger partial charge < -0.3 is 0 Å². The van der Waals surface area contributed by atoms with Crippen molar-refractivity contribution in [2.24, 2.45) is 10.9 Å². The van der Waals surface area contributed by atoms with E-state index in [2.05, 4.69) is 38.0 Å². The molecule has 0 N–H and O–H groups in total. The zero-order valence-electron chi connectivity index (χ0n) is 7.83. The quantitative estimate of drug-likeness (QED) is 0.589. The summed E-state index contributed by atoms with van der Waals surface area (Å²) in [6, 6.07) is 8.07. The molecule has 0 saturated heterocycles. The van der Waals surface area contributed by atoms with Gasteiger partial charge in [-0.1, -0.05) is 32.0 Å². The summed E-state index contributed by atoms with van der Waals surface area (Å²) in [4.78, 5) is 4.26. The van der Waals surface area contributed by atoms with Gasteiger partial charge in [-0.2, -0.15) is 0 Å². The molecule has 1 nitrogen and oxygen atoms in total. The van der Waals surface area contributed by atoms with Crippen molar-refractivity contribution in [1.29, 1.82) is 0 Å². The third-order valence-corrected chi connectivity index (χ3v) is 1.56. The van der Waals surface area contributed by atoms with Gasteiger partial charge in [-0.25, -0.2) is 0 Å². The summed E-state index contributed by atoms with van der Waals surface area (Å²) >= 11 is 0. The number of benzene rings is 1. The van der Waals surface area contributed by atoms with Crippen molar-refractivity contribution in [1.82, 2.24) is 0 Å². The largest absolute Gasteiger partial charge is 0.251 e. The Kier molecular flexibility index (Phi) is 3.03. The lowest BCUT2D eigenvalue weighted by molar-refractivity contribution is 0.907. The first kappa shape index (κ1) is 8.98. The lowest BCUT2D eigenvalue weighted by Gasteiger charge is -1.98. The minimum absolute atomic E-state index is 0.393. The SMILES string of the molecule is Cc1ccccc1N=[C]C(C)C. The number of nitrogens with zero attached hydrogens (tertiary/aromatic N) is 1. The van der Waals surface area contributed by atoms with Crippen LogP contribution in [0.25, 0.3) is 0 Å². The zero-order chi connectivity index (χ0) is 8.97. The van der Waals surface area contributed by atoms with Crippen molar-refractivity contribution in [3.8, 4) is 0 Å². The minimum Gasteiger partial charge on any atom is -0.251 e. The zero-order valence-corrected chi connectivity index (χ0v) is 7.83. The summed E-state index contributed by atoms with van der Waals surface area (Å²) in [5.74, 6) is 0.393. The second kappa shape index (κ2) is 4.05. The van der Waals surface area contributed by atoms with E-state index in [-0.39, 0.29) is 0 Å². The van der Waals surface area contributed by atoms with Crippen LogP contribution in [0.1, 0.15) is 19.4 Å². The molecule has 0 spiro atoms. The van der Waals surface area contributed by atoms with Gasteiger partial charge in [0, 0.05) is 0 Å². The molecule has 12 heavy (non-hydrogen) atoms. The van der Waals surface area contributed by atoms with E-state index in [1.54, 1.807) is 0 Å². The van der Waals surface area contributed by atoms with Gasteiger partial charge in [0.05, 0.1) is 11.9 Å². The van der Waals surface area contributed by atoms with Gasteiger partial charge in [-0.3, -0.25) is 4.99 Å². The highest BCUT2D eigenvalue weighted by Crippen LogP contribution is 2.16. The molecule has 1 heteroatoms. The van der Waals surface area contributed by atoms with Crippen molar-refractivity contribution in [2.75, 3.05) is 0 Å². The predicted molar refractivity (Wildman–Crippen MR) is 53.1 cm³/mol. The van der Waals surface area contributed by atoms with Crippen LogP contribution in [-0.4, -0.2) is 6.21 Å². The van der Waals surface area contributed by atoms with E-state index < -0.39 is 0 Å². The maximum absolute atomic E-state index is 4.26. The molecule has 0 atom stereocenters. The van der Waals surface area contributed by atoms with E-state index in [9.17, 15) is 0 Å². The molecular weight excluding hydrogens is 146 g/mol. The van der Waals surface area contributed by atoms with E-state index >= 15 is 0 Å². The number of rotatable bonds is 2. The standard InChI is InChI=1S/C11H14N/c1-9(2)8-12-11-7-5-4-6-10(11)3/h4-7,9H,1-3H3. The first-order chi connectivity index (χ1) is 5.70. The number of hydrogen-bond acceptors (Lipinski definition) is 1. The van der Waals surface area contributed by atoms with Crippen LogP contribution in [0, 0.1) is 12.8 Å². The third kappa shape index (κ3) is 2.50. The van der Waals surface area contributed by atoms with Crippen LogP contribution in [-0.2, 0) is 0 Å². The Hall–Kier alpha value is -1.11. The van der Waals surface area contributed by atoms with Gasteiger partial charge in [-0.15, -0.1) is 0 Å². The molecule has 0 unspecified atom stereocenters. The maximum Gasteiger partial charge on any atom is 0.0663 e. The van der Waals surface area contributed by atoms with E-state index in [0.29, 0.717) is 5.92 Å². The molecule has 0 saturated carbocycles. The number of para-hydroxylation sites is 1. The van der Waals surface area contributed by atoms with E-state index in [4.69, 9.17) is 0 Å². The molecule has 0 heterocycles. The third-order valence-electron chi connectivity index (χ3n) is 1.56. The van der Waals surface area contributed by atoms with Crippen molar-refractivity contribution < 1.29 is 0 Å². The first-order valence-corrected chi connectivity index (χ1v) is 4.22. The highest BCUT2D eigenvalue weighted by atomic mass is 14.7. The van der Waals surface area contributed by atoms with Crippen molar-refractivity contribution in [3.05, 3.63) is 29.8 Å². The molecule has 63 valence electrons. The van der Waals surface area contributed by atoms with Gasteiger partial charge in [0.1, 0.15) is 0 Å². The van der Waals surface area contributed by atoms with Gasteiger partial charge in [-0.05, 0) is 24.5 Å². The lowest BCUT2D eigenvalue weighted by Crippen LogP contribution is -1.86. The average molecular weight is 160 g/mol. The van der Waals surface area contributed by atoms with E-state index in [0.717, 1.165) is 5.69 Å². The molecular formula is C11H14N. The molecule has 0 amide bonds. The molecule has 0 aliphatic rings. The maximum atomic E-state index is 4.26. The molecule has 1 rings (SSSR count). The van der Waals surface area contributed by atoms with E-state index in [1.807, 2.05) is 18.2 Å². The summed E-state index contributed by atoms with van der Waals surface area (Å²) in [6.45, 7) is 6.20. The second-order valence-corrected chi connectivity index (χ2v) is 3.18. The molecule has 1 aromatic carbocycles. The smallest absolute Gasteiger partial charge is 0.0663 e. The van der Waals surface area contributed by atoms with Crippen LogP contribution in [0.2, 0.25) is 0 Å². The van der Waals surface area contributed by atoms with Crippen molar-refractivity contribution >= 4 is 11.9 Å². The molecule has 1 aromatic rings. The van der Waals surface area contributed by atoms with Crippen molar-refractivity contribution in [3.63, 3.8) is 0 Å². The molecule has 0 aromatic heterocycles. The Labute approximate surface area is 74.2 Å². The Morgan fingerprint density at radius 1 is 1.25 bits per heavy atom. The number of aliphatic imine (C=N–C) groups is 1. The van der Waals surface area contributed by atoms with Gasteiger partial charge >= 0.3 is 0 Å². The molecule has 0 fully saturated rings. The Bertz CT molecular complexity index is 274. The van der Waals surface area contributed by atoms with Gasteiger partial charge in [0.25, 0.3) is 0 Å². The topological polar surface area (TPSA) is 12.4 Å². The van der Waals surface area contributed by atoms with Crippen LogP contribution >= 0.6 is 0 Å². The second-order valence-electron chi connectivity index (χ2n) is 3.18. The summed E-state index contributed by atoms with van der Waals surface area (Å²) in [5, 5.41) is 0. The van der Waals surface area contributed by atoms with Gasteiger partial charge in [0.15, 0.2) is 0 Å². The van der Waals surface area contributed by atoms with Crippen LogP contribution in [0.5, 0.6) is 0 Å². The van der Waals surface area contributed by atoms with Crippen LogP contribution in [0.4, 0.5) is 5.69 Å². The highest BCUT2D eigenvalue weighted by molar-refractivity contribution is 5.66. The normalized spacial score (nSPS) is 11.3.